The lowest BCUT2D eigenvalue weighted by Gasteiger charge is -1.98. The summed E-state index contributed by atoms with van der Waals surface area (Å²) in [6.45, 7) is 2.09. The molecule has 0 spiro atoms. The topological polar surface area (TPSA) is 23.8 Å². The van der Waals surface area contributed by atoms with Crippen LogP contribution in [0.15, 0.2) is 30.3 Å². The van der Waals surface area contributed by atoms with Gasteiger partial charge < -0.3 is 0 Å². The predicted molar refractivity (Wildman–Crippen MR) is 63.8 cm³/mol. The SMILES string of the molecule is CCc1ccc(-c2ccc(C#N)c(F)c2)s1. The summed E-state index contributed by atoms with van der Waals surface area (Å²) >= 11 is 1.66. The third-order valence-corrected chi connectivity index (χ3v) is 3.66. The van der Waals surface area contributed by atoms with E-state index in [0.29, 0.717) is 0 Å². The van der Waals surface area contributed by atoms with Crippen LogP contribution in [0.3, 0.4) is 0 Å². The maximum atomic E-state index is 13.4. The van der Waals surface area contributed by atoms with Crippen molar-refractivity contribution in [3.05, 3.63) is 46.6 Å². The first kappa shape index (κ1) is 10.8. The molecule has 0 unspecified atom stereocenters. The monoisotopic (exact) mass is 231 g/mol. The van der Waals surface area contributed by atoms with Gasteiger partial charge in [-0.2, -0.15) is 5.26 Å². The van der Waals surface area contributed by atoms with Crippen molar-refractivity contribution < 1.29 is 4.39 Å². The van der Waals surface area contributed by atoms with Gasteiger partial charge in [0.15, 0.2) is 0 Å². The standard InChI is InChI=1S/C13H10FNS/c1-2-11-5-6-13(16-11)9-3-4-10(8-15)12(14)7-9/h3-7H,2H2,1H3. The molecule has 0 aliphatic rings. The summed E-state index contributed by atoms with van der Waals surface area (Å²) in [7, 11) is 0. The maximum Gasteiger partial charge on any atom is 0.141 e. The van der Waals surface area contributed by atoms with E-state index in [4.69, 9.17) is 5.26 Å². The molecule has 1 nitrogen and oxygen atoms in total. The van der Waals surface area contributed by atoms with E-state index in [9.17, 15) is 4.39 Å². The molecule has 0 N–H and O–H groups in total. The zero-order valence-corrected chi connectivity index (χ0v) is 9.64. The first-order chi connectivity index (χ1) is 7.74. The molecule has 0 atom stereocenters. The van der Waals surface area contributed by atoms with Crippen LogP contribution < -0.4 is 0 Å². The van der Waals surface area contributed by atoms with Crippen molar-refractivity contribution in [1.82, 2.24) is 0 Å². The van der Waals surface area contributed by atoms with Crippen molar-refractivity contribution in [3.8, 4) is 16.5 Å². The molecule has 1 aromatic heterocycles. The number of aryl methyl sites for hydroxylation is 1. The molecule has 0 radical (unpaired) electrons. The van der Waals surface area contributed by atoms with E-state index in [1.807, 2.05) is 12.1 Å². The smallest absolute Gasteiger partial charge is 0.141 e. The highest BCUT2D eigenvalue weighted by molar-refractivity contribution is 7.15. The fourth-order valence-electron chi connectivity index (χ4n) is 1.48. The Hall–Kier alpha value is -1.66. The van der Waals surface area contributed by atoms with Crippen molar-refractivity contribution in [3.63, 3.8) is 0 Å². The number of nitrogens with zero attached hydrogens (tertiary/aromatic N) is 1. The molecule has 80 valence electrons. The number of halogens is 1. The summed E-state index contributed by atoms with van der Waals surface area (Å²) in [5.74, 6) is -0.452. The van der Waals surface area contributed by atoms with Crippen LogP contribution in [0.25, 0.3) is 10.4 Å². The van der Waals surface area contributed by atoms with E-state index in [1.165, 1.54) is 17.0 Å². The van der Waals surface area contributed by atoms with Gasteiger partial charge in [0, 0.05) is 9.75 Å². The molecule has 0 amide bonds. The molecule has 0 saturated carbocycles. The summed E-state index contributed by atoms with van der Waals surface area (Å²) in [6.07, 6.45) is 0.990. The predicted octanol–water partition coefficient (Wildman–Crippen LogP) is 3.99. The quantitative estimate of drug-likeness (QED) is 0.766. The molecule has 2 aromatic rings. The third-order valence-electron chi connectivity index (χ3n) is 2.38. The Bertz CT molecular complexity index is 551. The van der Waals surface area contributed by atoms with Gasteiger partial charge in [-0.1, -0.05) is 13.0 Å². The molecule has 3 heteroatoms. The van der Waals surface area contributed by atoms with E-state index < -0.39 is 5.82 Å². The molecule has 0 fully saturated rings. The van der Waals surface area contributed by atoms with E-state index in [0.717, 1.165) is 16.9 Å². The first-order valence-electron chi connectivity index (χ1n) is 5.03. The highest BCUT2D eigenvalue weighted by Gasteiger charge is 2.06. The summed E-state index contributed by atoms with van der Waals surface area (Å²) in [6, 6.07) is 10.6. The minimum Gasteiger partial charge on any atom is -0.206 e. The van der Waals surface area contributed by atoms with Crippen molar-refractivity contribution in [2.45, 2.75) is 13.3 Å². The van der Waals surface area contributed by atoms with Crippen LogP contribution >= 0.6 is 11.3 Å². The number of hydrogen-bond donors (Lipinski definition) is 0. The molecule has 2 rings (SSSR count). The number of nitriles is 1. The van der Waals surface area contributed by atoms with Gasteiger partial charge in [-0.05, 0) is 36.2 Å². The largest absolute Gasteiger partial charge is 0.206 e. The highest BCUT2D eigenvalue weighted by Crippen LogP contribution is 2.29. The van der Waals surface area contributed by atoms with Crippen LogP contribution in [0.1, 0.15) is 17.4 Å². The molecule has 0 saturated heterocycles. The van der Waals surface area contributed by atoms with Gasteiger partial charge in [0.1, 0.15) is 11.9 Å². The zero-order chi connectivity index (χ0) is 11.5. The first-order valence-corrected chi connectivity index (χ1v) is 5.85. The molecule has 1 heterocycles. The Labute approximate surface area is 97.8 Å². The lowest BCUT2D eigenvalue weighted by atomic mass is 10.1. The molecular formula is C13H10FNS. The normalized spacial score (nSPS) is 10.1. The van der Waals surface area contributed by atoms with Crippen LogP contribution in [-0.4, -0.2) is 0 Å². The minimum atomic E-state index is -0.452. The van der Waals surface area contributed by atoms with Gasteiger partial charge in [0.05, 0.1) is 5.56 Å². The van der Waals surface area contributed by atoms with E-state index in [1.54, 1.807) is 17.4 Å². The fourth-order valence-corrected chi connectivity index (χ4v) is 2.43. The molecule has 0 aliphatic carbocycles. The Morgan fingerprint density at radius 2 is 2.12 bits per heavy atom. The Morgan fingerprint density at radius 1 is 1.31 bits per heavy atom. The Kier molecular flexibility index (Phi) is 3.02. The molecule has 0 bridgehead atoms. The van der Waals surface area contributed by atoms with Gasteiger partial charge in [-0.15, -0.1) is 11.3 Å². The summed E-state index contributed by atoms with van der Waals surface area (Å²) in [5, 5.41) is 8.63. The third kappa shape index (κ3) is 1.98. The van der Waals surface area contributed by atoms with Crippen LogP contribution in [-0.2, 0) is 6.42 Å². The highest BCUT2D eigenvalue weighted by atomic mass is 32.1. The summed E-state index contributed by atoms with van der Waals surface area (Å²) < 4.78 is 13.4. The second-order valence-electron chi connectivity index (χ2n) is 3.43. The number of benzene rings is 1. The van der Waals surface area contributed by atoms with Crippen molar-refractivity contribution >= 4 is 11.3 Å². The van der Waals surface area contributed by atoms with E-state index in [-0.39, 0.29) is 5.56 Å². The second-order valence-corrected chi connectivity index (χ2v) is 4.59. The Balaban J connectivity index is 2.42. The lowest BCUT2D eigenvalue weighted by molar-refractivity contribution is 0.624. The average molecular weight is 231 g/mol. The van der Waals surface area contributed by atoms with E-state index >= 15 is 0 Å². The summed E-state index contributed by atoms with van der Waals surface area (Å²) in [5.41, 5.74) is 0.928. The number of thiophene rings is 1. The fraction of sp³-hybridized carbons (Fsp3) is 0.154. The van der Waals surface area contributed by atoms with E-state index in [2.05, 4.69) is 13.0 Å². The average Bonchev–Trinajstić information content (AvgIpc) is 2.77. The maximum absolute atomic E-state index is 13.4. The summed E-state index contributed by atoms with van der Waals surface area (Å²) in [4.78, 5) is 2.32. The molecule has 16 heavy (non-hydrogen) atoms. The molecule has 1 aromatic carbocycles. The molecular weight excluding hydrogens is 221 g/mol. The number of rotatable bonds is 2. The Morgan fingerprint density at radius 3 is 2.69 bits per heavy atom. The van der Waals surface area contributed by atoms with Gasteiger partial charge in [-0.25, -0.2) is 4.39 Å². The van der Waals surface area contributed by atoms with Gasteiger partial charge in [0.25, 0.3) is 0 Å². The van der Waals surface area contributed by atoms with Gasteiger partial charge in [-0.3, -0.25) is 0 Å². The van der Waals surface area contributed by atoms with Crippen LogP contribution in [0.4, 0.5) is 4.39 Å². The second kappa shape index (κ2) is 4.46. The van der Waals surface area contributed by atoms with Crippen molar-refractivity contribution in [1.29, 1.82) is 5.26 Å². The van der Waals surface area contributed by atoms with Crippen LogP contribution in [0.2, 0.25) is 0 Å². The zero-order valence-electron chi connectivity index (χ0n) is 8.83. The van der Waals surface area contributed by atoms with Crippen molar-refractivity contribution in [2.24, 2.45) is 0 Å². The van der Waals surface area contributed by atoms with Crippen LogP contribution in [0, 0.1) is 17.1 Å². The van der Waals surface area contributed by atoms with Gasteiger partial charge in [0.2, 0.25) is 0 Å². The number of hydrogen-bond acceptors (Lipinski definition) is 2. The van der Waals surface area contributed by atoms with Crippen LogP contribution in [0.5, 0.6) is 0 Å². The molecule has 0 aliphatic heterocycles. The van der Waals surface area contributed by atoms with Gasteiger partial charge >= 0.3 is 0 Å². The van der Waals surface area contributed by atoms with Crippen molar-refractivity contribution in [2.75, 3.05) is 0 Å². The minimum absolute atomic E-state index is 0.0935. The lowest BCUT2D eigenvalue weighted by Crippen LogP contribution is -1.83.